The van der Waals surface area contributed by atoms with Gasteiger partial charge in [-0.3, -0.25) is 14.4 Å². The SMILES string of the molecule is CCCCCCCC(=O)OC[C@@H](COC(=O)CCCCCCCCCCCCCCCCCCCCC(C)CC)OC(=O)CCCCCCCCCCCCCCCCCCCCC(C)CC. The van der Waals surface area contributed by atoms with Crippen LogP contribution in [-0.4, -0.2) is 37.2 Å². The van der Waals surface area contributed by atoms with Crippen LogP contribution in [0, 0.1) is 11.8 Å². The summed E-state index contributed by atoms with van der Waals surface area (Å²) in [5, 5.41) is 0. The van der Waals surface area contributed by atoms with Gasteiger partial charge < -0.3 is 14.2 Å². The number of carbonyl (C=O) groups excluding carboxylic acids is 3. The first-order chi connectivity index (χ1) is 32.8. The van der Waals surface area contributed by atoms with E-state index < -0.39 is 6.10 Å². The van der Waals surface area contributed by atoms with Gasteiger partial charge in [-0.05, 0) is 31.1 Å². The van der Waals surface area contributed by atoms with Crippen LogP contribution < -0.4 is 0 Å². The summed E-state index contributed by atoms with van der Waals surface area (Å²) in [5.74, 6) is 0.967. The highest BCUT2D eigenvalue weighted by molar-refractivity contribution is 5.71. The van der Waals surface area contributed by atoms with Crippen LogP contribution in [0.2, 0.25) is 0 Å². The fraction of sp³-hybridized carbons (Fsp3) is 0.951. The molecule has 6 nitrogen and oxygen atoms in total. The number of hydrogen-bond acceptors (Lipinski definition) is 6. The molecule has 0 aliphatic heterocycles. The van der Waals surface area contributed by atoms with Gasteiger partial charge >= 0.3 is 17.9 Å². The van der Waals surface area contributed by atoms with Crippen LogP contribution in [-0.2, 0) is 28.6 Å². The van der Waals surface area contributed by atoms with Gasteiger partial charge in [-0.15, -0.1) is 0 Å². The lowest BCUT2D eigenvalue weighted by molar-refractivity contribution is -0.167. The Balaban J connectivity index is 4.01. The molecule has 0 aliphatic rings. The Labute approximate surface area is 418 Å². The minimum absolute atomic E-state index is 0.0636. The highest BCUT2D eigenvalue weighted by Gasteiger charge is 2.19. The predicted molar refractivity (Wildman–Crippen MR) is 289 cm³/mol. The Kier molecular flexibility index (Phi) is 52.5. The minimum atomic E-state index is -0.761. The average molecular weight is 948 g/mol. The average Bonchev–Trinajstić information content (AvgIpc) is 3.33. The third kappa shape index (κ3) is 52.1. The number of unbranched alkanes of at least 4 members (excludes halogenated alkanes) is 38. The molecule has 0 fully saturated rings. The van der Waals surface area contributed by atoms with E-state index in [1.807, 2.05) is 0 Å². The van der Waals surface area contributed by atoms with E-state index in [0.717, 1.165) is 76.0 Å². The summed E-state index contributed by atoms with van der Waals surface area (Å²) >= 11 is 0. The molecule has 398 valence electrons. The van der Waals surface area contributed by atoms with Crippen molar-refractivity contribution in [3.8, 4) is 0 Å². The topological polar surface area (TPSA) is 78.9 Å². The zero-order chi connectivity index (χ0) is 48.9. The van der Waals surface area contributed by atoms with Crippen molar-refractivity contribution in [2.45, 2.75) is 349 Å². The molecule has 0 saturated heterocycles. The second kappa shape index (κ2) is 53.8. The van der Waals surface area contributed by atoms with E-state index in [2.05, 4.69) is 34.6 Å². The Bertz CT molecular complexity index is 1030. The molecule has 0 amide bonds. The van der Waals surface area contributed by atoms with E-state index in [0.29, 0.717) is 19.3 Å². The second-order valence-corrected chi connectivity index (χ2v) is 21.5. The van der Waals surface area contributed by atoms with Gasteiger partial charge in [0.2, 0.25) is 0 Å². The molecule has 0 radical (unpaired) electrons. The molecule has 0 spiro atoms. The van der Waals surface area contributed by atoms with Crippen molar-refractivity contribution >= 4 is 17.9 Å². The third-order valence-electron chi connectivity index (χ3n) is 14.7. The predicted octanol–water partition coefficient (Wildman–Crippen LogP) is 20.0. The fourth-order valence-corrected chi connectivity index (χ4v) is 9.34. The van der Waals surface area contributed by atoms with Gasteiger partial charge in [-0.1, -0.05) is 304 Å². The fourth-order valence-electron chi connectivity index (χ4n) is 9.34. The van der Waals surface area contributed by atoms with Gasteiger partial charge in [0, 0.05) is 19.3 Å². The zero-order valence-electron chi connectivity index (χ0n) is 46.0. The van der Waals surface area contributed by atoms with Crippen molar-refractivity contribution in [1.82, 2.24) is 0 Å². The van der Waals surface area contributed by atoms with Crippen LogP contribution in [0.3, 0.4) is 0 Å². The summed E-state index contributed by atoms with van der Waals surface area (Å²) in [4.78, 5) is 37.8. The quantitative estimate of drug-likeness (QED) is 0.0343. The van der Waals surface area contributed by atoms with Gasteiger partial charge in [0.25, 0.3) is 0 Å². The Morgan fingerprint density at radius 3 is 0.776 bits per heavy atom. The van der Waals surface area contributed by atoms with Crippen molar-refractivity contribution in [2.24, 2.45) is 11.8 Å². The van der Waals surface area contributed by atoms with E-state index in [1.54, 1.807) is 0 Å². The van der Waals surface area contributed by atoms with Gasteiger partial charge in [0.1, 0.15) is 13.2 Å². The van der Waals surface area contributed by atoms with Crippen molar-refractivity contribution < 1.29 is 28.6 Å². The van der Waals surface area contributed by atoms with Gasteiger partial charge in [-0.2, -0.15) is 0 Å². The highest BCUT2D eigenvalue weighted by Crippen LogP contribution is 2.19. The Morgan fingerprint density at radius 2 is 0.522 bits per heavy atom. The molecule has 0 bridgehead atoms. The van der Waals surface area contributed by atoms with Crippen LogP contribution in [0.5, 0.6) is 0 Å². The lowest BCUT2D eigenvalue weighted by Gasteiger charge is -2.18. The summed E-state index contributed by atoms with van der Waals surface area (Å²) in [7, 11) is 0. The number of ether oxygens (including phenoxy) is 3. The van der Waals surface area contributed by atoms with Crippen molar-refractivity contribution in [3.05, 3.63) is 0 Å². The molecule has 67 heavy (non-hydrogen) atoms. The first-order valence-electron chi connectivity index (χ1n) is 30.3. The number of esters is 3. The molecule has 0 rings (SSSR count). The smallest absolute Gasteiger partial charge is 0.306 e. The molecule has 3 atom stereocenters. The molecule has 0 aromatic rings. The number of rotatable bonds is 55. The number of carbonyl (C=O) groups is 3. The molecule has 0 heterocycles. The monoisotopic (exact) mass is 947 g/mol. The van der Waals surface area contributed by atoms with Gasteiger partial charge in [0.15, 0.2) is 6.10 Å². The van der Waals surface area contributed by atoms with Crippen LogP contribution in [0.4, 0.5) is 0 Å². The summed E-state index contributed by atoms with van der Waals surface area (Å²) in [6.07, 6.45) is 58.5. The molecule has 6 heteroatoms. The van der Waals surface area contributed by atoms with Crippen molar-refractivity contribution in [3.63, 3.8) is 0 Å². The van der Waals surface area contributed by atoms with E-state index in [-0.39, 0.29) is 31.1 Å². The van der Waals surface area contributed by atoms with Crippen molar-refractivity contribution in [2.75, 3.05) is 13.2 Å². The molecular formula is C61H118O6. The van der Waals surface area contributed by atoms with E-state index in [1.165, 1.54) is 225 Å². The maximum atomic E-state index is 12.8. The normalized spacial score (nSPS) is 12.9. The first kappa shape index (κ1) is 65.4. The molecule has 0 aliphatic carbocycles. The second-order valence-electron chi connectivity index (χ2n) is 21.5. The van der Waals surface area contributed by atoms with E-state index in [9.17, 15) is 14.4 Å². The molecule has 0 aromatic carbocycles. The van der Waals surface area contributed by atoms with Gasteiger partial charge in [-0.25, -0.2) is 0 Å². The molecule has 0 aromatic heterocycles. The maximum absolute atomic E-state index is 12.8. The number of hydrogen-bond donors (Lipinski definition) is 0. The summed E-state index contributed by atoms with van der Waals surface area (Å²) < 4.78 is 16.8. The molecule has 0 N–H and O–H groups in total. The molecule has 2 unspecified atom stereocenters. The lowest BCUT2D eigenvalue weighted by atomic mass is 9.99. The Hall–Kier alpha value is -1.59. The van der Waals surface area contributed by atoms with Crippen LogP contribution in [0.15, 0.2) is 0 Å². The summed E-state index contributed by atoms with van der Waals surface area (Å²) in [6, 6.07) is 0. The van der Waals surface area contributed by atoms with Crippen LogP contribution in [0.1, 0.15) is 343 Å². The summed E-state index contributed by atoms with van der Waals surface area (Å²) in [6.45, 7) is 11.4. The highest BCUT2D eigenvalue weighted by atomic mass is 16.6. The van der Waals surface area contributed by atoms with Crippen LogP contribution >= 0.6 is 0 Å². The van der Waals surface area contributed by atoms with E-state index >= 15 is 0 Å². The van der Waals surface area contributed by atoms with Crippen molar-refractivity contribution in [1.29, 1.82) is 0 Å². The Morgan fingerprint density at radius 1 is 0.299 bits per heavy atom. The summed E-state index contributed by atoms with van der Waals surface area (Å²) in [5.41, 5.74) is 0. The lowest BCUT2D eigenvalue weighted by Crippen LogP contribution is -2.30. The maximum Gasteiger partial charge on any atom is 0.306 e. The molecule has 0 saturated carbocycles. The van der Waals surface area contributed by atoms with Crippen LogP contribution in [0.25, 0.3) is 0 Å². The third-order valence-corrected chi connectivity index (χ3v) is 14.7. The standard InChI is InChI=1S/C61H118O6/c1-6-9-10-39-46-51-59(62)65-54-58(67-61(64)53-48-43-38-34-30-26-22-18-14-12-16-20-24-28-32-36-41-45-50-57(5)8-3)55-66-60(63)52-47-42-37-33-29-25-21-17-13-11-15-19-23-27-31-35-40-44-49-56(4)7-2/h56-58H,6-55H2,1-5H3/t56?,57?,58-/m0/s1. The van der Waals surface area contributed by atoms with Gasteiger partial charge in [0.05, 0.1) is 0 Å². The first-order valence-corrected chi connectivity index (χ1v) is 30.3. The largest absolute Gasteiger partial charge is 0.462 e. The molecular weight excluding hydrogens is 829 g/mol. The zero-order valence-corrected chi connectivity index (χ0v) is 46.0. The van der Waals surface area contributed by atoms with E-state index in [4.69, 9.17) is 14.2 Å². The minimum Gasteiger partial charge on any atom is -0.462 e.